The second-order valence-corrected chi connectivity index (χ2v) is 4.53. The Morgan fingerprint density at radius 3 is 2.07 bits per heavy atom. The van der Waals surface area contributed by atoms with Crippen LogP contribution in [0.3, 0.4) is 0 Å². The van der Waals surface area contributed by atoms with Gasteiger partial charge in [-0.05, 0) is 24.8 Å². The minimum absolute atomic E-state index is 0.588. The standard InChI is InChI=1S/C13H26N2/c1-5-7-15(8-6-2)11-13(10-14)9-12(3)4/h5-6,12-13H,1-2,7-11,14H2,3-4H3. The molecule has 0 spiro atoms. The van der Waals surface area contributed by atoms with Gasteiger partial charge in [0, 0.05) is 19.6 Å². The van der Waals surface area contributed by atoms with E-state index in [0.717, 1.165) is 26.2 Å². The minimum Gasteiger partial charge on any atom is -0.330 e. The van der Waals surface area contributed by atoms with Crippen molar-refractivity contribution in [2.75, 3.05) is 26.2 Å². The second kappa shape index (κ2) is 8.69. The number of nitrogens with two attached hydrogens (primary N) is 1. The lowest BCUT2D eigenvalue weighted by Crippen LogP contribution is -2.34. The summed E-state index contributed by atoms with van der Waals surface area (Å²) in [5.41, 5.74) is 5.78. The highest BCUT2D eigenvalue weighted by Crippen LogP contribution is 2.12. The van der Waals surface area contributed by atoms with Crippen molar-refractivity contribution in [1.29, 1.82) is 0 Å². The molecule has 0 saturated heterocycles. The molecular weight excluding hydrogens is 184 g/mol. The summed E-state index contributed by atoms with van der Waals surface area (Å²) in [6.45, 7) is 15.7. The largest absolute Gasteiger partial charge is 0.330 e. The first-order valence-electron chi connectivity index (χ1n) is 5.78. The predicted octanol–water partition coefficient (Wildman–Crippen LogP) is 2.28. The van der Waals surface area contributed by atoms with Crippen molar-refractivity contribution in [2.24, 2.45) is 17.6 Å². The zero-order valence-corrected chi connectivity index (χ0v) is 10.3. The van der Waals surface area contributed by atoms with E-state index in [1.165, 1.54) is 6.42 Å². The Morgan fingerprint density at radius 1 is 1.20 bits per heavy atom. The molecule has 0 rings (SSSR count). The van der Waals surface area contributed by atoms with Gasteiger partial charge in [0.2, 0.25) is 0 Å². The molecule has 15 heavy (non-hydrogen) atoms. The van der Waals surface area contributed by atoms with Crippen molar-refractivity contribution in [3.05, 3.63) is 25.3 Å². The Balaban J connectivity index is 4.07. The lowest BCUT2D eigenvalue weighted by atomic mass is 9.96. The number of hydrogen-bond acceptors (Lipinski definition) is 2. The summed E-state index contributed by atoms with van der Waals surface area (Å²) >= 11 is 0. The van der Waals surface area contributed by atoms with Crippen molar-refractivity contribution in [2.45, 2.75) is 20.3 Å². The van der Waals surface area contributed by atoms with Gasteiger partial charge in [0.15, 0.2) is 0 Å². The lowest BCUT2D eigenvalue weighted by Gasteiger charge is -2.25. The highest BCUT2D eigenvalue weighted by molar-refractivity contribution is 4.81. The van der Waals surface area contributed by atoms with Gasteiger partial charge in [-0.15, -0.1) is 13.2 Å². The van der Waals surface area contributed by atoms with Crippen LogP contribution in [0.1, 0.15) is 20.3 Å². The minimum atomic E-state index is 0.588. The van der Waals surface area contributed by atoms with Gasteiger partial charge >= 0.3 is 0 Å². The zero-order valence-electron chi connectivity index (χ0n) is 10.3. The topological polar surface area (TPSA) is 29.3 Å². The van der Waals surface area contributed by atoms with E-state index >= 15 is 0 Å². The maximum Gasteiger partial charge on any atom is 0.0164 e. The van der Waals surface area contributed by atoms with Crippen LogP contribution in [0.15, 0.2) is 25.3 Å². The lowest BCUT2D eigenvalue weighted by molar-refractivity contribution is 0.255. The normalized spacial score (nSPS) is 13.1. The molecule has 2 N–H and O–H groups in total. The first-order valence-corrected chi connectivity index (χ1v) is 5.78. The summed E-state index contributed by atoms with van der Waals surface area (Å²) in [4.78, 5) is 2.33. The van der Waals surface area contributed by atoms with Crippen LogP contribution in [-0.2, 0) is 0 Å². The van der Waals surface area contributed by atoms with Crippen LogP contribution < -0.4 is 5.73 Å². The van der Waals surface area contributed by atoms with E-state index in [2.05, 4.69) is 31.9 Å². The Labute approximate surface area is 94.8 Å². The fourth-order valence-electron chi connectivity index (χ4n) is 1.87. The highest BCUT2D eigenvalue weighted by Gasteiger charge is 2.12. The molecule has 2 nitrogen and oxygen atoms in total. The van der Waals surface area contributed by atoms with E-state index in [0.29, 0.717) is 11.8 Å². The molecule has 0 aromatic heterocycles. The van der Waals surface area contributed by atoms with Crippen LogP contribution in [0, 0.1) is 11.8 Å². The summed E-state index contributed by atoms with van der Waals surface area (Å²) in [6.07, 6.45) is 5.07. The van der Waals surface area contributed by atoms with Crippen LogP contribution in [-0.4, -0.2) is 31.1 Å². The van der Waals surface area contributed by atoms with Gasteiger partial charge in [-0.2, -0.15) is 0 Å². The smallest absolute Gasteiger partial charge is 0.0164 e. The predicted molar refractivity (Wildman–Crippen MR) is 68.8 cm³/mol. The molecule has 0 fully saturated rings. The number of nitrogens with zero attached hydrogens (tertiary/aromatic N) is 1. The number of hydrogen-bond donors (Lipinski definition) is 1. The average Bonchev–Trinajstić information content (AvgIpc) is 2.16. The van der Waals surface area contributed by atoms with Crippen molar-refractivity contribution >= 4 is 0 Å². The third kappa shape index (κ3) is 7.34. The molecule has 88 valence electrons. The fourth-order valence-corrected chi connectivity index (χ4v) is 1.87. The molecule has 0 amide bonds. The van der Waals surface area contributed by atoms with Gasteiger partial charge in [-0.25, -0.2) is 0 Å². The Morgan fingerprint density at radius 2 is 1.73 bits per heavy atom. The summed E-state index contributed by atoms with van der Waals surface area (Å²) in [5.74, 6) is 1.30. The van der Waals surface area contributed by atoms with E-state index in [-0.39, 0.29) is 0 Å². The molecule has 1 unspecified atom stereocenters. The molecule has 0 aromatic carbocycles. The molecule has 0 aliphatic heterocycles. The SMILES string of the molecule is C=CCN(CC=C)CC(CN)CC(C)C. The molecule has 0 bridgehead atoms. The quantitative estimate of drug-likeness (QED) is 0.592. The van der Waals surface area contributed by atoms with Crippen molar-refractivity contribution < 1.29 is 0 Å². The number of rotatable bonds is 9. The van der Waals surface area contributed by atoms with Crippen LogP contribution in [0.5, 0.6) is 0 Å². The van der Waals surface area contributed by atoms with Crippen LogP contribution in [0.4, 0.5) is 0 Å². The van der Waals surface area contributed by atoms with E-state index in [1.807, 2.05) is 12.2 Å². The monoisotopic (exact) mass is 210 g/mol. The molecule has 0 radical (unpaired) electrons. The van der Waals surface area contributed by atoms with Gasteiger partial charge in [0.1, 0.15) is 0 Å². The molecule has 0 aliphatic carbocycles. The Hall–Kier alpha value is -0.600. The molecular formula is C13H26N2. The molecule has 0 saturated carbocycles. The van der Waals surface area contributed by atoms with E-state index in [9.17, 15) is 0 Å². The molecule has 1 atom stereocenters. The zero-order chi connectivity index (χ0) is 11.7. The third-order valence-electron chi connectivity index (χ3n) is 2.43. The summed E-state index contributed by atoms with van der Waals surface area (Å²) in [5, 5.41) is 0. The van der Waals surface area contributed by atoms with Crippen LogP contribution in [0.25, 0.3) is 0 Å². The van der Waals surface area contributed by atoms with Gasteiger partial charge in [0.25, 0.3) is 0 Å². The maximum atomic E-state index is 5.78. The third-order valence-corrected chi connectivity index (χ3v) is 2.43. The van der Waals surface area contributed by atoms with E-state index in [4.69, 9.17) is 5.73 Å². The highest BCUT2D eigenvalue weighted by atomic mass is 15.1. The second-order valence-electron chi connectivity index (χ2n) is 4.53. The summed E-state index contributed by atoms with van der Waals surface area (Å²) < 4.78 is 0. The molecule has 0 aromatic rings. The Kier molecular flexibility index (Phi) is 8.34. The van der Waals surface area contributed by atoms with Gasteiger partial charge in [-0.1, -0.05) is 26.0 Å². The average molecular weight is 210 g/mol. The fraction of sp³-hybridized carbons (Fsp3) is 0.692. The first kappa shape index (κ1) is 14.4. The summed E-state index contributed by atoms with van der Waals surface area (Å²) in [7, 11) is 0. The molecule has 2 heteroatoms. The van der Waals surface area contributed by atoms with Crippen molar-refractivity contribution in [3.63, 3.8) is 0 Å². The van der Waals surface area contributed by atoms with Gasteiger partial charge in [-0.3, -0.25) is 4.90 Å². The van der Waals surface area contributed by atoms with Crippen LogP contribution >= 0.6 is 0 Å². The molecule has 0 heterocycles. The van der Waals surface area contributed by atoms with Crippen molar-refractivity contribution in [1.82, 2.24) is 4.90 Å². The van der Waals surface area contributed by atoms with E-state index in [1.54, 1.807) is 0 Å². The van der Waals surface area contributed by atoms with Crippen LogP contribution in [0.2, 0.25) is 0 Å². The van der Waals surface area contributed by atoms with E-state index < -0.39 is 0 Å². The molecule has 0 aliphatic rings. The van der Waals surface area contributed by atoms with Gasteiger partial charge < -0.3 is 5.73 Å². The van der Waals surface area contributed by atoms with Crippen molar-refractivity contribution in [3.8, 4) is 0 Å². The Bertz CT molecular complexity index is 165. The first-order chi connectivity index (χ1) is 7.13. The maximum absolute atomic E-state index is 5.78. The summed E-state index contributed by atoms with van der Waals surface area (Å²) in [6, 6.07) is 0. The van der Waals surface area contributed by atoms with Gasteiger partial charge in [0.05, 0.1) is 0 Å².